The molecule has 3 aromatic carbocycles. The average Bonchev–Trinajstić information content (AvgIpc) is 3.12. The van der Waals surface area contributed by atoms with Crippen LogP contribution in [0.25, 0.3) is 0 Å². The largest absolute Gasteiger partial charge is 0.469 e. The van der Waals surface area contributed by atoms with Crippen LogP contribution in [0.15, 0.2) is 84.9 Å². The Bertz CT molecular complexity index is 1170. The lowest BCUT2D eigenvalue weighted by molar-refractivity contribution is -0.152. The van der Waals surface area contributed by atoms with E-state index in [4.69, 9.17) is 4.74 Å². The lowest BCUT2D eigenvalue weighted by atomic mass is 9.95. The van der Waals surface area contributed by atoms with Crippen molar-refractivity contribution in [3.05, 3.63) is 107 Å². The van der Waals surface area contributed by atoms with Crippen LogP contribution >= 0.6 is 0 Å². The molecule has 1 heterocycles. The number of esters is 1. The third kappa shape index (κ3) is 4.73. The first kappa shape index (κ1) is 22.9. The number of imide groups is 1. The monoisotopic (exact) mass is 456 g/mol. The van der Waals surface area contributed by atoms with Crippen molar-refractivity contribution in [1.29, 1.82) is 0 Å². The summed E-state index contributed by atoms with van der Waals surface area (Å²) in [5.41, 5.74) is 2.10. The highest BCUT2D eigenvalue weighted by atomic mass is 16.5. The zero-order valence-electron chi connectivity index (χ0n) is 18.7. The molecule has 1 aliphatic heterocycles. The molecule has 0 radical (unpaired) electrons. The molecule has 0 fully saturated rings. The molecule has 0 N–H and O–H groups in total. The lowest BCUT2D eigenvalue weighted by Gasteiger charge is -2.31. The van der Waals surface area contributed by atoms with Gasteiger partial charge >= 0.3 is 5.97 Å². The summed E-state index contributed by atoms with van der Waals surface area (Å²) < 4.78 is 4.94. The van der Waals surface area contributed by atoms with Gasteiger partial charge in [0.05, 0.1) is 30.7 Å². The Hall–Kier alpha value is -4.26. The molecule has 0 saturated carbocycles. The lowest BCUT2D eigenvalue weighted by Crippen LogP contribution is -2.50. The zero-order chi connectivity index (χ0) is 24.1. The molecule has 7 nitrogen and oxygen atoms in total. The molecule has 34 heavy (non-hydrogen) atoms. The van der Waals surface area contributed by atoms with E-state index in [2.05, 4.69) is 0 Å². The first-order valence-electron chi connectivity index (χ1n) is 10.9. The minimum Gasteiger partial charge on any atom is -0.469 e. The van der Waals surface area contributed by atoms with Gasteiger partial charge in [-0.05, 0) is 29.7 Å². The fourth-order valence-corrected chi connectivity index (χ4v) is 4.04. The fraction of sp³-hybridized carbons (Fsp3) is 0.185. The molecule has 3 amide bonds. The average molecular weight is 456 g/mol. The number of carbonyl (C=O) groups is 4. The summed E-state index contributed by atoms with van der Waals surface area (Å²) in [6.45, 7) is 0.00434. The number of nitrogens with zero attached hydrogens (tertiary/aromatic N) is 2. The number of hydrogen-bond acceptors (Lipinski definition) is 5. The van der Waals surface area contributed by atoms with Gasteiger partial charge in [0, 0.05) is 6.42 Å². The van der Waals surface area contributed by atoms with Gasteiger partial charge in [-0.1, -0.05) is 72.8 Å². The minimum atomic E-state index is -0.770. The number of hydrogen-bond donors (Lipinski definition) is 0. The molecule has 172 valence electrons. The number of benzene rings is 3. The van der Waals surface area contributed by atoms with Crippen LogP contribution in [-0.4, -0.2) is 40.8 Å². The quantitative estimate of drug-likeness (QED) is 0.382. The van der Waals surface area contributed by atoms with Crippen molar-refractivity contribution in [2.45, 2.75) is 19.4 Å². The minimum absolute atomic E-state index is 0.00434. The Kier molecular flexibility index (Phi) is 6.82. The van der Waals surface area contributed by atoms with Crippen LogP contribution in [0.4, 0.5) is 0 Å². The Morgan fingerprint density at radius 1 is 0.794 bits per heavy atom. The summed E-state index contributed by atoms with van der Waals surface area (Å²) in [5.74, 6) is -2.96. The Morgan fingerprint density at radius 2 is 1.29 bits per heavy atom. The van der Waals surface area contributed by atoms with Gasteiger partial charge in [0.25, 0.3) is 11.8 Å². The van der Waals surface area contributed by atoms with Gasteiger partial charge in [-0.25, -0.2) is 5.01 Å². The number of carbonyl (C=O) groups excluding carboxylic acids is 4. The second-order valence-electron chi connectivity index (χ2n) is 8.02. The summed E-state index contributed by atoms with van der Waals surface area (Å²) in [6.07, 6.45) is 0.0718. The predicted molar refractivity (Wildman–Crippen MR) is 124 cm³/mol. The van der Waals surface area contributed by atoms with Crippen molar-refractivity contribution in [2.24, 2.45) is 5.92 Å². The second-order valence-corrected chi connectivity index (χ2v) is 8.02. The number of hydrazine groups is 1. The normalized spacial score (nSPS) is 13.4. The van der Waals surface area contributed by atoms with Crippen LogP contribution in [0, 0.1) is 5.92 Å². The molecular weight excluding hydrogens is 432 g/mol. The summed E-state index contributed by atoms with van der Waals surface area (Å²) >= 11 is 0. The van der Waals surface area contributed by atoms with Crippen LogP contribution in [0.2, 0.25) is 0 Å². The highest BCUT2D eigenvalue weighted by molar-refractivity contribution is 6.21. The smallest absolute Gasteiger partial charge is 0.309 e. The first-order chi connectivity index (χ1) is 16.5. The standard InChI is InChI=1S/C27H24N2O5/c1-34-27(33)21(16-19-10-4-2-5-11-19)17-24(30)28(18-20-12-6-3-7-13-20)29-25(31)22-14-8-9-15-23(22)26(29)32/h2-15,21H,16-18H2,1H3/t21-/m1/s1. The van der Waals surface area contributed by atoms with E-state index < -0.39 is 29.6 Å². The molecule has 0 saturated heterocycles. The van der Waals surface area contributed by atoms with E-state index in [9.17, 15) is 19.2 Å². The topological polar surface area (TPSA) is 84.0 Å². The van der Waals surface area contributed by atoms with Gasteiger partial charge in [0.15, 0.2) is 0 Å². The molecule has 4 rings (SSSR count). The Labute approximate surface area is 197 Å². The summed E-state index contributed by atoms with van der Waals surface area (Å²) in [4.78, 5) is 52.4. The van der Waals surface area contributed by atoms with Crippen molar-refractivity contribution in [3.63, 3.8) is 0 Å². The van der Waals surface area contributed by atoms with Crippen LogP contribution in [0.1, 0.15) is 38.3 Å². The molecule has 7 heteroatoms. The van der Waals surface area contributed by atoms with E-state index in [-0.39, 0.29) is 24.1 Å². The molecule has 0 bridgehead atoms. The van der Waals surface area contributed by atoms with Crippen molar-refractivity contribution < 1.29 is 23.9 Å². The maximum atomic E-state index is 13.6. The molecule has 1 atom stereocenters. The number of methoxy groups -OCH3 is 1. The van der Waals surface area contributed by atoms with E-state index in [1.807, 2.05) is 48.5 Å². The van der Waals surface area contributed by atoms with Crippen LogP contribution in [0.5, 0.6) is 0 Å². The van der Waals surface area contributed by atoms with E-state index in [1.165, 1.54) is 7.11 Å². The maximum absolute atomic E-state index is 13.6. The van der Waals surface area contributed by atoms with Crippen LogP contribution in [-0.2, 0) is 27.3 Å². The molecule has 0 aromatic heterocycles. The third-order valence-electron chi connectivity index (χ3n) is 5.76. The molecule has 1 aliphatic rings. The third-order valence-corrected chi connectivity index (χ3v) is 5.76. The van der Waals surface area contributed by atoms with Gasteiger partial charge in [0.1, 0.15) is 0 Å². The predicted octanol–water partition coefficient (Wildman–Crippen LogP) is 3.65. The van der Waals surface area contributed by atoms with E-state index in [0.29, 0.717) is 6.42 Å². The van der Waals surface area contributed by atoms with Crippen molar-refractivity contribution >= 4 is 23.7 Å². The summed E-state index contributed by atoms with van der Waals surface area (Å²) in [6, 6.07) is 24.8. The number of rotatable bonds is 8. The van der Waals surface area contributed by atoms with Crippen molar-refractivity contribution in [3.8, 4) is 0 Å². The molecule has 0 unspecified atom stereocenters. The highest BCUT2D eigenvalue weighted by Crippen LogP contribution is 2.27. The second kappa shape index (κ2) is 10.1. The Balaban J connectivity index is 1.64. The van der Waals surface area contributed by atoms with Gasteiger partial charge < -0.3 is 4.74 Å². The molecular formula is C27H24N2O5. The van der Waals surface area contributed by atoms with E-state index in [0.717, 1.165) is 21.1 Å². The first-order valence-corrected chi connectivity index (χ1v) is 10.9. The van der Waals surface area contributed by atoms with Gasteiger partial charge in [-0.2, -0.15) is 5.01 Å². The van der Waals surface area contributed by atoms with Crippen molar-refractivity contribution in [2.75, 3.05) is 7.11 Å². The Morgan fingerprint density at radius 3 is 1.82 bits per heavy atom. The summed E-state index contributed by atoms with van der Waals surface area (Å²) in [7, 11) is 1.27. The van der Waals surface area contributed by atoms with Gasteiger partial charge in [-0.3, -0.25) is 19.2 Å². The molecule has 0 aliphatic carbocycles. The van der Waals surface area contributed by atoms with Crippen LogP contribution in [0.3, 0.4) is 0 Å². The maximum Gasteiger partial charge on any atom is 0.309 e. The molecule has 0 spiro atoms. The number of fused-ring (bicyclic) bond motifs is 1. The van der Waals surface area contributed by atoms with E-state index >= 15 is 0 Å². The fourth-order valence-electron chi connectivity index (χ4n) is 4.04. The SMILES string of the molecule is COC(=O)[C@@H](CC(=O)N(Cc1ccccc1)N1C(=O)c2ccccc2C1=O)Cc1ccccc1. The highest BCUT2D eigenvalue weighted by Gasteiger charge is 2.42. The van der Waals surface area contributed by atoms with Gasteiger partial charge in [-0.15, -0.1) is 0 Å². The van der Waals surface area contributed by atoms with E-state index in [1.54, 1.807) is 36.4 Å². The van der Waals surface area contributed by atoms with Gasteiger partial charge in [0.2, 0.25) is 5.91 Å². The molecule has 3 aromatic rings. The van der Waals surface area contributed by atoms with Crippen molar-refractivity contribution in [1.82, 2.24) is 10.0 Å². The number of amides is 3. The van der Waals surface area contributed by atoms with Crippen LogP contribution < -0.4 is 0 Å². The summed E-state index contributed by atoms with van der Waals surface area (Å²) in [5, 5.41) is 2.03. The number of ether oxygens (including phenoxy) is 1. The zero-order valence-corrected chi connectivity index (χ0v) is 18.7.